The minimum Gasteiger partial charge on any atom is -0.346 e. The van der Waals surface area contributed by atoms with Crippen molar-refractivity contribution in [1.29, 1.82) is 0 Å². The number of nitrogens with one attached hydrogen (secondary N) is 1. The molecule has 1 aliphatic heterocycles. The van der Waals surface area contributed by atoms with Crippen LogP contribution >= 0.6 is 11.3 Å². The summed E-state index contributed by atoms with van der Waals surface area (Å²) in [6, 6.07) is 7.38. The Balaban J connectivity index is 1.44. The molecule has 1 saturated heterocycles. The number of hydrogen-bond acceptors (Lipinski definition) is 6. The van der Waals surface area contributed by atoms with Crippen molar-refractivity contribution in [3.63, 3.8) is 0 Å². The Morgan fingerprint density at radius 1 is 1.21 bits per heavy atom. The summed E-state index contributed by atoms with van der Waals surface area (Å²) < 4.78 is 1.01. The number of aromatic nitrogens is 3. The standard InChI is InChI=1S/C17H17N5OS/c23-16(12-3-4-14-15(9-12)24-11-20-14)19-10-13-5-6-18-17(21-13)22-7-1-2-8-22/h3-6,9,11H,1-2,7-8,10H2,(H,19,23). The van der Waals surface area contributed by atoms with Crippen molar-refractivity contribution in [2.75, 3.05) is 18.0 Å². The van der Waals surface area contributed by atoms with Crippen molar-refractivity contribution in [3.8, 4) is 0 Å². The average molecular weight is 339 g/mol. The summed E-state index contributed by atoms with van der Waals surface area (Å²) in [7, 11) is 0. The van der Waals surface area contributed by atoms with Gasteiger partial charge in [0.05, 0.1) is 28.0 Å². The summed E-state index contributed by atoms with van der Waals surface area (Å²) >= 11 is 1.53. The maximum absolute atomic E-state index is 12.3. The lowest BCUT2D eigenvalue weighted by Crippen LogP contribution is -2.25. The molecule has 1 N–H and O–H groups in total. The molecule has 1 aliphatic rings. The van der Waals surface area contributed by atoms with Gasteiger partial charge in [-0.1, -0.05) is 0 Å². The zero-order valence-electron chi connectivity index (χ0n) is 13.1. The van der Waals surface area contributed by atoms with Crippen molar-refractivity contribution in [2.45, 2.75) is 19.4 Å². The third-order valence-corrected chi connectivity index (χ3v) is 4.90. The number of rotatable bonds is 4. The minimum atomic E-state index is -0.105. The molecular weight excluding hydrogens is 322 g/mol. The molecule has 0 saturated carbocycles. The van der Waals surface area contributed by atoms with Crippen LogP contribution < -0.4 is 10.2 Å². The van der Waals surface area contributed by atoms with E-state index < -0.39 is 0 Å². The van der Waals surface area contributed by atoms with E-state index in [-0.39, 0.29) is 5.91 Å². The van der Waals surface area contributed by atoms with E-state index >= 15 is 0 Å². The van der Waals surface area contributed by atoms with Crippen LogP contribution in [0.1, 0.15) is 28.9 Å². The number of carbonyl (C=O) groups is 1. The molecule has 0 spiro atoms. The van der Waals surface area contributed by atoms with Crippen LogP contribution in [0.5, 0.6) is 0 Å². The highest BCUT2D eigenvalue weighted by Gasteiger charge is 2.15. The summed E-state index contributed by atoms with van der Waals surface area (Å²) in [5.74, 6) is 0.650. The Bertz CT molecular complexity index is 872. The molecule has 1 fully saturated rings. The molecule has 0 radical (unpaired) electrons. The van der Waals surface area contributed by atoms with Crippen LogP contribution in [0.4, 0.5) is 5.95 Å². The Hall–Kier alpha value is -2.54. The zero-order valence-corrected chi connectivity index (χ0v) is 13.9. The van der Waals surface area contributed by atoms with Crippen molar-refractivity contribution < 1.29 is 4.79 Å². The number of anilines is 1. The monoisotopic (exact) mass is 339 g/mol. The van der Waals surface area contributed by atoms with Gasteiger partial charge in [0.15, 0.2) is 0 Å². The van der Waals surface area contributed by atoms with Gasteiger partial charge in [-0.2, -0.15) is 0 Å². The van der Waals surface area contributed by atoms with Crippen LogP contribution in [0.2, 0.25) is 0 Å². The van der Waals surface area contributed by atoms with Gasteiger partial charge in [0.25, 0.3) is 5.91 Å². The third kappa shape index (κ3) is 3.07. The third-order valence-electron chi connectivity index (χ3n) is 4.11. The molecule has 1 amide bonds. The van der Waals surface area contributed by atoms with Gasteiger partial charge in [-0.15, -0.1) is 11.3 Å². The van der Waals surface area contributed by atoms with E-state index in [1.807, 2.05) is 18.2 Å². The van der Waals surface area contributed by atoms with Gasteiger partial charge in [0.2, 0.25) is 5.95 Å². The molecule has 0 atom stereocenters. The molecule has 4 rings (SSSR count). The van der Waals surface area contributed by atoms with Gasteiger partial charge in [0, 0.05) is 24.8 Å². The van der Waals surface area contributed by atoms with Gasteiger partial charge < -0.3 is 10.2 Å². The number of fused-ring (bicyclic) bond motifs is 1. The number of nitrogens with zero attached hydrogens (tertiary/aromatic N) is 4. The minimum absolute atomic E-state index is 0.105. The van der Waals surface area contributed by atoms with E-state index in [2.05, 4.69) is 25.2 Å². The van der Waals surface area contributed by atoms with E-state index in [4.69, 9.17) is 0 Å². The number of amides is 1. The zero-order chi connectivity index (χ0) is 16.4. The van der Waals surface area contributed by atoms with E-state index in [0.717, 1.165) is 34.9 Å². The second kappa shape index (κ2) is 6.52. The quantitative estimate of drug-likeness (QED) is 0.791. The maximum atomic E-state index is 12.3. The van der Waals surface area contributed by atoms with Crippen LogP contribution in [0.3, 0.4) is 0 Å². The molecule has 0 bridgehead atoms. The van der Waals surface area contributed by atoms with Crippen molar-refractivity contribution in [1.82, 2.24) is 20.3 Å². The Morgan fingerprint density at radius 3 is 2.96 bits per heavy atom. The van der Waals surface area contributed by atoms with E-state index in [1.54, 1.807) is 17.8 Å². The maximum Gasteiger partial charge on any atom is 0.251 e. The average Bonchev–Trinajstić information content (AvgIpc) is 3.30. The Labute approximate surface area is 143 Å². The largest absolute Gasteiger partial charge is 0.346 e. The van der Waals surface area contributed by atoms with Crippen LogP contribution in [0.25, 0.3) is 10.2 Å². The fourth-order valence-corrected chi connectivity index (χ4v) is 3.54. The van der Waals surface area contributed by atoms with Gasteiger partial charge in [-0.25, -0.2) is 15.0 Å². The van der Waals surface area contributed by atoms with Crippen LogP contribution in [-0.4, -0.2) is 33.9 Å². The fourth-order valence-electron chi connectivity index (χ4n) is 2.82. The van der Waals surface area contributed by atoms with E-state index in [1.165, 1.54) is 24.2 Å². The summed E-state index contributed by atoms with van der Waals surface area (Å²) in [5.41, 5.74) is 4.16. The molecule has 3 aromatic rings. The Kier molecular flexibility index (Phi) is 4.08. The molecule has 7 heteroatoms. The lowest BCUT2D eigenvalue weighted by atomic mass is 10.2. The second-order valence-electron chi connectivity index (χ2n) is 5.76. The summed E-state index contributed by atoms with van der Waals surface area (Å²) in [5, 5.41) is 2.93. The first-order valence-corrected chi connectivity index (χ1v) is 8.86. The summed E-state index contributed by atoms with van der Waals surface area (Å²) in [6.45, 7) is 2.40. The number of hydrogen-bond donors (Lipinski definition) is 1. The second-order valence-corrected chi connectivity index (χ2v) is 6.65. The van der Waals surface area contributed by atoms with Gasteiger partial charge >= 0.3 is 0 Å². The van der Waals surface area contributed by atoms with Crippen LogP contribution in [0.15, 0.2) is 36.0 Å². The molecule has 1 aromatic carbocycles. The predicted octanol–water partition coefficient (Wildman–Crippen LogP) is 2.62. The molecule has 6 nitrogen and oxygen atoms in total. The van der Waals surface area contributed by atoms with E-state index in [0.29, 0.717) is 12.1 Å². The van der Waals surface area contributed by atoms with E-state index in [9.17, 15) is 4.79 Å². The van der Waals surface area contributed by atoms with Gasteiger partial charge in [-0.3, -0.25) is 4.79 Å². The van der Waals surface area contributed by atoms with Crippen LogP contribution in [0, 0.1) is 0 Å². The molecule has 0 aliphatic carbocycles. The lowest BCUT2D eigenvalue weighted by Gasteiger charge is -2.15. The SMILES string of the molecule is O=C(NCc1ccnc(N2CCCC2)n1)c1ccc2ncsc2c1. The Morgan fingerprint density at radius 2 is 2.08 bits per heavy atom. The van der Waals surface area contributed by atoms with Crippen molar-refractivity contribution in [3.05, 3.63) is 47.2 Å². The molecule has 0 unspecified atom stereocenters. The molecule has 3 heterocycles. The first kappa shape index (κ1) is 15.0. The number of thiazole rings is 1. The lowest BCUT2D eigenvalue weighted by molar-refractivity contribution is 0.0950. The molecule has 2 aromatic heterocycles. The first-order valence-electron chi connectivity index (χ1n) is 7.98. The topological polar surface area (TPSA) is 71.0 Å². The van der Waals surface area contributed by atoms with Gasteiger partial charge in [-0.05, 0) is 37.1 Å². The molecule has 122 valence electrons. The highest BCUT2D eigenvalue weighted by molar-refractivity contribution is 7.16. The number of carbonyl (C=O) groups excluding carboxylic acids is 1. The van der Waals surface area contributed by atoms with Crippen LogP contribution in [-0.2, 0) is 6.54 Å². The van der Waals surface area contributed by atoms with Crippen molar-refractivity contribution >= 4 is 33.4 Å². The predicted molar refractivity (Wildman–Crippen MR) is 94.3 cm³/mol. The first-order chi connectivity index (χ1) is 11.8. The summed E-state index contributed by atoms with van der Waals surface area (Å²) in [4.78, 5) is 27.6. The normalized spacial score (nSPS) is 14.2. The summed E-state index contributed by atoms with van der Waals surface area (Å²) in [6.07, 6.45) is 4.13. The van der Waals surface area contributed by atoms with Gasteiger partial charge in [0.1, 0.15) is 0 Å². The fraction of sp³-hybridized carbons (Fsp3) is 0.294. The number of benzene rings is 1. The van der Waals surface area contributed by atoms with Crippen molar-refractivity contribution in [2.24, 2.45) is 0 Å². The highest BCUT2D eigenvalue weighted by Crippen LogP contribution is 2.19. The smallest absolute Gasteiger partial charge is 0.251 e. The molecular formula is C17H17N5OS. The molecule has 24 heavy (non-hydrogen) atoms. The highest BCUT2D eigenvalue weighted by atomic mass is 32.1.